The van der Waals surface area contributed by atoms with E-state index in [4.69, 9.17) is 21.1 Å². The highest BCUT2D eigenvalue weighted by atomic mass is 35.5. The van der Waals surface area contributed by atoms with Crippen LogP contribution in [-0.2, 0) is 17.9 Å². The fraction of sp³-hybridized carbons (Fsp3) is 0.115. The van der Waals surface area contributed by atoms with Gasteiger partial charge in [-0.25, -0.2) is 4.68 Å². The molecule has 172 valence electrons. The number of methoxy groups -OCH3 is 1. The molecule has 0 saturated carbocycles. The van der Waals surface area contributed by atoms with Crippen molar-refractivity contribution in [3.8, 4) is 17.2 Å². The number of nitrogens with zero attached hydrogens (tertiary/aromatic N) is 3. The van der Waals surface area contributed by atoms with Crippen LogP contribution in [0, 0.1) is 0 Å². The van der Waals surface area contributed by atoms with E-state index in [1.54, 1.807) is 36.2 Å². The van der Waals surface area contributed by atoms with Crippen LogP contribution in [0.1, 0.15) is 16.8 Å². The standard InChI is InChI=1S/C26H23ClN4O3/c1-33-25-14-20(16-28-26(32)13-11-19-6-3-2-4-7-19)10-12-24(25)34-18-22-17-31(30-29-22)23-9-5-8-21(27)15-23/h2-15,17H,16,18H2,1H3,(H,28,32)/b13-11+. The Bertz CT molecular complexity index is 1290. The summed E-state index contributed by atoms with van der Waals surface area (Å²) in [5, 5.41) is 11.8. The van der Waals surface area contributed by atoms with Gasteiger partial charge in [-0.3, -0.25) is 4.79 Å². The molecule has 3 aromatic carbocycles. The van der Waals surface area contributed by atoms with Crippen LogP contribution in [0.5, 0.6) is 11.5 Å². The maximum atomic E-state index is 12.1. The molecule has 1 amide bonds. The minimum Gasteiger partial charge on any atom is -0.493 e. The lowest BCUT2D eigenvalue weighted by Gasteiger charge is -2.11. The summed E-state index contributed by atoms with van der Waals surface area (Å²) in [6, 6.07) is 22.5. The fourth-order valence-electron chi connectivity index (χ4n) is 3.19. The molecular formula is C26H23ClN4O3. The fourth-order valence-corrected chi connectivity index (χ4v) is 3.37. The number of halogens is 1. The third-order valence-electron chi connectivity index (χ3n) is 4.91. The Morgan fingerprint density at radius 1 is 1.06 bits per heavy atom. The summed E-state index contributed by atoms with van der Waals surface area (Å²) in [6.45, 7) is 0.583. The Kier molecular flexibility index (Phi) is 7.57. The highest BCUT2D eigenvalue weighted by Crippen LogP contribution is 2.28. The van der Waals surface area contributed by atoms with Crippen LogP contribution < -0.4 is 14.8 Å². The first-order valence-electron chi connectivity index (χ1n) is 10.6. The summed E-state index contributed by atoms with van der Waals surface area (Å²) >= 11 is 6.04. The van der Waals surface area contributed by atoms with Crippen LogP contribution >= 0.6 is 11.6 Å². The number of ether oxygens (including phenoxy) is 2. The Morgan fingerprint density at radius 3 is 2.71 bits per heavy atom. The van der Waals surface area contributed by atoms with Crippen molar-refractivity contribution in [2.45, 2.75) is 13.2 Å². The van der Waals surface area contributed by atoms with Crippen molar-refractivity contribution in [2.75, 3.05) is 7.11 Å². The molecule has 0 saturated heterocycles. The van der Waals surface area contributed by atoms with E-state index in [0.29, 0.717) is 28.8 Å². The van der Waals surface area contributed by atoms with Crippen molar-refractivity contribution < 1.29 is 14.3 Å². The molecule has 0 spiro atoms. The molecule has 0 fully saturated rings. The van der Waals surface area contributed by atoms with Crippen molar-refractivity contribution in [3.63, 3.8) is 0 Å². The quantitative estimate of drug-likeness (QED) is 0.351. The lowest BCUT2D eigenvalue weighted by Crippen LogP contribution is -2.20. The number of carbonyl (C=O) groups excluding carboxylic acids is 1. The van der Waals surface area contributed by atoms with Gasteiger partial charge in [0, 0.05) is 17.6 Å². The van der Waals surface area contributed by atoms with E-state index in [1.807, 2.05) is 60.7 Å². The van der Waals surface area contributed by atoms with Gasteiger partial charge < -0.3 is 14.8 Å². The molecule has 0 aliphatic carbocycles. The summed E-state index contributed by atoms with van der Waals surface area (Å²) in [5.74, 6) is 0.957. The largest absolute Gasteiger partial charge is 0.493 e. The van der Waals surface area contributed by atoms with Crippen LogP contribution in [0.3, 0.4) is 0 Å². The monoisotopic (exact) mass is 474 g/mol. The molecule has 0 atom stereocenters. The summed E-state index contributed by atoms with van der Waals surface area (Å²) in [7, 11) is 1.57. The molecule has 7 nitrogen and oxygen atoms in total. The Morgan fingerprint density at radius 2 is 1.91 bits per heavy atom. The molecule has 0 bridgehead atoms. The van der Waals surface area contributed by atoms with Gasteiger partial charge in [0.2, 0.25) is 5.91 Å². The van der Waals surface area contributed by atoms with Gasteiger partial charge in [0.1, 0.15) is 12.3 Å². The number of hydrogen-bond donors (Lipinski definition) is 1. The van der Waals surface area contributed by atoms with Crippen LogP contribution in [0.2, 0.25) is 5.02 Å². The second-order valence-electron chi connectivity index (χ2n) is 7.37. The lowest BCUT2D eigenvalue weighted by atomic mass is 10.2. The summed E-state index contributed by atoms with van der Waals surface area (Å²) in [5.41, 5.74) is 3.32. The van der Waals surface area contributed by atoms with Crippen molar-refractivity contribution in [2.24, 2.45) is 0 Å². The SMILES string of the molecule is COc1cc(CNC(=O)/C=C/c2ccccc2)ccc1OCc1cn(-c2cccc(Cl)c2)nn1. The topological polar surface area (TPSA) is 78.3 Å². The van der Waals surface area contributed by atoms with Gasteiger partial charge in [-0.1, -0.05) is 59.3 Å². The van der Waals surface area contributed by atoms with Gasteiger partial charge in [0.15, 0.2) is 11.5 Å². The minimum atomic E-state index is -0.175. The molecule has 0 aliphatic rings. The van der Waals surface area contributed by atoms with E-state index in [1.165, 1.54) is 6.08 Å². The zero-order valence-electron chi connectivity index (χ0n) is 18.5. The first-order valence-corrected chi connectivity index (χ1v) is 11.0. The maximum absolute atomic E-state index is 12.1. The van der Waals surface area contributed by atoms with Crippen LogP contribution in [0.15, 0.2) is 85.1 Å². The molecule has 4 aromatic rings. The average molecular weight is 475 g/mol. The molecule has 0 radical (unpaired) electrons. The highest BCUT2D eigenvalue weighted by molar-refractivity contribution is 6.30. The molecule has 0 aliphatic heterocycles. The number of nitrogens with one attached hydrogen (secondary N) is 1. The Hall–Kier alpha value is -4.10. The molecule has 8 heteroatoms. The van der Waals surface area contributed by atoms with Crippen LogP contribution in [0.25, 0.3) is 11.8 Å². The van der Waals surface area contributed by atoms with E-state index < -0.39 is 0 Å². The third kappa shape index (κ3) is 6.24. The minimum absolute atomic E-state index is 0.175. The van der Waals surface area contributed by atoms with Crippen molar-refractivity contribution in [1.29, 1.82) is 0 Å². The smallest absolute Gasteiger partial charge is 0.244 e. The van der Waals surface area contributed by atoms with Gasteiger partial charge in [0.25, 0.3) is 0 Å². The van der Waals surface area contributed by atoms with Gasteiger partial charge in [-0.05, 0) is 47.5 Å². The third-order valence-corrected chi connectivity index (χ3v) is 5.15. The molecule has 1 aromatic heterocycles. The van der Waals surface area contributed by atoms with E-state index in [9.17, 15) is 4.79 Å². The molecule has 0 unspecified atom stereocenters. The second-order valence-corrected chi connectivity index (χ2v) is 7.81. The second kappa shape index (κ2) is 11.2. The average Bonchev–Trinajstić information content (AvgIpc) is 3.35. The van der Waals surface area contributed by atoms with E-state index in [0.717, 1.165) is 16.8 Å². The van der Waals surface area contributed by atoms with E-state index in [-0.39, 0.29) is 12.5 Å². The zero-order valence-corrected chi connectivity index (χ0v) is 19.3. The first-order chi connectivity index (χ1) is 16.6. The van der Waals surface area contributed by atoms with Crippen molar-refractivity contribution in [1.82, 2.24) is 20.3 Å². The number of carbonyl (C=O) groups is 1. The van der Waals surface area contributed by atoms with Crippen LogP contribution in [0.4, 0.5) is 0 Å². The number of aromatic nitrogens is 3. The van der Waals surface area contributed by atoms with Gasteiger partial charge in [0.05, 0.1) is 19.0 Å². The lowest BCUT2D eigenvalue weighted by molar-refractivity contribution is -0.116. The van der Waals surface area contributed by atoms with E-state index in [2.05, 4.69) is 15.6 Å². The predicted molar refractivity (Wildman–Crippen MR) is 131 cm³/mol. The zero-order chi connectivity index (χ0) is 23.8. The summed E-state index contributed by atoms with van der Waals surface area (Å²) in [4.78, 5) is 12.1. The summed E-state index contributed by atoms with van der Waals surface area (Å²) in [6.07, 6.45) is 5.07. The van der Waals surface area contributed by atoms with Crippen LogP contribution in [-0.4, -0.2) is 28.0 Å². The van der Waals surface area contributed by atoms with E-state index >= 15 is 0 Å². The normalized spacial score (nSPS) is 10.9. The van der Waals surface area contributed by atoms with Gasteiger partial charge in [-0.2, -0.15) is 0 Å². The maximum Gasteiger partial charge on any atom is 0.244 e. The number of amides is 1. The molecule has 1 N–H and O–H groups in total. The molecule has 4 rings (SSSR count). The molecular weight excluding hydrogens is 452 g/mol. The van der Waals surface area contributed by atoms with Gasteiger partial charge >= 0.3 is 0 Å². The number of rotatable bonds is 9. The number of benzene rings is 3. The highest BCUT2D eigenvalue weighted by Gasteiger charge is 2.09. The Balaban J connectivity index is 1.33. The summed E-state index contributed by atoms with van der Waals surface area (Å²) < 4.78 is 13.0. The molecule has 1 heterocycles. The molecule has 34 heavy (non-hydrogen) atoms. The Labute approximate surface area is 202 Å². The van der Waals surface area contributed by atoms with Crippen molar-refractivity contribution in [3.05, 3.63) is 107 Å². The van der Waals surface area contributed by atoms with Gasteiger partial charge in [-0.15, -0.1) is 5.10 Å². The van der Waals surface area contributed by atoms with Crippen molar-refractivity contribution >= 4 is 23.6 Å². The predicted octanol–water partition coefficient (Wildman–Crippen LogP) is 4.84. The number of hydrogen-bond acceptors (Lipinski definition) is 5. The first kappa shape index (κ1) is 23.1.